The Balaban J connectivity index is 1.39. The largest absolute Gasteiger partial charge is 0.311 e. The van der Waals surface area contributed by atoms with E-state index in [0.29, 0.717) is 0 Å². The molecule has 0 saturated heterocycles. The van der Waals surface area contributed by atoms with E-state index in [4.69, 9.17) is 0 Å². The highest BCUT2D eigenvalue weighted by Crippen LogP contribution is 2.37. The molecule has 1 nitrogen and oxygen atoms in total. The summed E-state index contributed by atoms with van der Waals surface area (Å²) in [5, 5.41) is 2.37. The van der Waals surface area contributed by atoms with Gasteiger partial charge in [-0.25, -0.2) is 0 Å². The molecule has 0 aliphatic rings. The average molecular weight is 663 g/mol. The molecule has 0 spiro atoms. The monoisotopic (exact) mass is 663 g/mol. The highest BCUT2D eigenvalue weighted by atomic mass is 127. The molecular formula is C36H28INP2. The zero-order valence-corrected chi connectivity index (χ0v) is 26.3. The van der Waals surface area contributed by atoms with Gasteiger partial charge in [-0.1, -0.05) is 84.9 Å². The standard InChI is InChI=1S/C36H28INP2/c37-31-7-1-4-28(22-31)25-10-16-32(17-11-25)38(33-18-12-26(13-19-33)29-5-2-8-35(39)23-29)34-20-14-27(15-21-34)30-6-3-9-36(40)24-30/h1-24H,39-40H2. The first kappa shape index (κ1) is 26.9. The van der Waals surface area contributed by atoms with Gasteiger partial charge in [-0.15, -0.1) is 18.5 Å². The van der Waals surface area contributed by atoms with Crippen molar-refractivity contribution in [3.63, 3.8) is 0 Å². The molecule has 0 heterocycles. The molecule has 0 radical (unpaired) electrons. The van der Waals surface area contributed by atoms with Gasteiger partial charge in [0.15, 0.2) is 0 Å². The summed E-state index contributed by atoms with van der Waals surface area (Å²) < 4.78 is 1.24. The first-order chi connectivity index (χ1) is 19.5. The summed E-state index contributed by atoms with van der Waals surface area (Å²) in [7, 11) is 5.58. The van der Waals surface area contributed by atoms with Crippen molar-refractivity contribution >= 4 is 68.7 Å². The second-order valence-electron chi connectivity index (χ2n) is 9.74. The normalized spacial score (nSPS) is 10.9. The highest BCUT2D eigenvalue weighted by molar-refractivity contribution is 14.1. The van der Waals surface area contributed by atoms with Gasteiger partial charge < -0.3 is 4.90 Å². The first-order valence-electron chi connectivity index (χ1n) is 13.1. The molecule has 0 fully saturated rings. The Kier molecular flexibility index (Phi) is 8.12. The van der Waals surface area contributed by atoms with Gasteiger partial charge in [-0.2, -0.15) is 0 Å². The van der Waals surface area contributed by atoms with E-state index in [1.54, 1.807) is 0 Å². The predicted octanol–water partition coefficient (Wildman–Crippen LogP) is 9.76. The Morgan fingerprint density at radius 1 is 0.375 bits per heavy atom. The van der Waals surface area contributed by atoms with Crippen LogP contribution in [0.3, 0.4) is 0 Å². The van der Waals surface area contributed by atoms with Crippen LogP contribution in [0.15, 0.2) is 146 Å². The topological polar surface area (TPSA) is 3.24 Å². The summed E-state index contributed by atoms with van der Waals surface area (Å²) in [4.78, 5) is 2.32. The molecule has 2 atom stereocenters. The summed E-state index contributed by atoms with van der Waals surface area (Å²) >= 11 is 2.37. The molecule has 194 valence electrons. The SMILES string of the molecule is Pc1cccc(-c2ccc(N(c3ccc(-c4cccc(P)c4)cc3)c3ccc(-c4cccc(I)c4)cc3)cc2)c1. The zero-order valence-electron chi connectivity index (χ0n) is 21.8. The zero-order chi connectivity index (χ0) is 27.5. The molecule has 0 amide bonds. The Labute approximate surface area is 254 Å². The molecule has 0 aliphatic carbocycles. The fraction of sp³-hybridized carbons (Fsp3) is 0. The number of hydrogen-bond donors (Lipinski definition) is 0. The molecule has 0 saturated carbocycles. The average Bonchev–Trinajstić information content (AvgIpc) is 2.98. The summed E-state index contributed by atoms with van der Waals surface area (Å²) in [6.45, 7) is 0. The fourth-order valence-electron chi connectivity index (χ4n) is 4.96. The minimum absolute atomic E-state index is 1.12. The van der Waals surface area contributed by atoms with Gasteiger partial charge in [0.1, 0.15) is 0 Å². The van der Waals surface area contributed by atoms with Crippen LogP contribution in [0.25, 0.3) is 33.4 Å². The molecule has 4 heteroatoms. The third kappa shape index (κ3) is 6.06. The van der Waals surface area contributed by atoms with Crippen LogP contribution in [0, 0.1) is 3.57 Å². The van der Waals surface area contributed by atoms with Crippen molar-refractivity contribution in [2.45, 2.75) is 0 Å². The van der Waals surface area contributed by atoms with E-state index in [-0.39, 0.29) is 0 Å². The first-order valence-corrected chi connectivity index (χ1v) is 15.3. The summed E-state index contributed by atoms with van der Waals surface area (Å²) in [5.41, 5.74) is 10.6. The van der Waals surface area contributed by atoms with Crippen molar-refractivity contribution in [1.29, 1.82) is 0 Å². The maximum atomic E-state index is 2.79. The van der Waals surface area contributed by atoms with Crippen molar-refractivity contribution in [3.05, 3.63) is 149 Å². The number of halogens is 1. The molecule has 2 unspecified atom stereocenters. The van der Waals surface area contributed by atoms with Crippen LogP contribution in [-0.4, -0.2) is 0 Å². The molecule has 6 aromatic rings. The molecule has 0 aliphatic heterocycles. The molecule has 6 aromatic carbocycles. The van der Waals surface area contributed by atoms with E-state index in [1.807, 2.05) is 0 Å². The number of hydrogen-bond acceptors (Lipinski definition) is 1. The summed E-state index contributed by atoms with van der Waals surface area (Å²) in [5.74, 6) is 0. The molecule has 6 rings (SSSR count). The predicted molar refractivity (Wildman–Crippen MR) is 189 cm³/mol. The number of nitrogens with zero attached hydrogens (tertiary/aromatic N) is 1. The van der Waals surface area contributed by atoms with Crippen molar-refractivity contribution < 1.29 is 0 Å². The van der Waals surface area contributed by atoms with Gasteiger partial charge >= 0.3 is 0 Å². The minimum atomic E-state index is 1.12. The van der Waals surface area contributed by atoms with E-state index in [2.05, 4.69) is 192 Å². The Morgan fingerprint density at radius 3 is 1.07 bits per heavy atom. The van der Waals surface area contributed by atoms with Crippen LogP contribution in [0.1, 0.15) is 0 Å². The van der Waals surface area contributed by atoms with Crippen molar-refractivity contribution in [2.24, 2.45) is 0 Å². The van der Waals surface area contributed by atoms with Gasteiger partial charge in [-0.05, 0) is 127 Å². The highest BCUT2D eigenvalue weighted by Gasteiger charge is 2.14. The molecule has 0 bridgehead atoms. The fourth-order valence-corrected chi connectivity index (χ4v) is 6.09. The van der Waals surface area contributed by atoms with Crippen LogP contribution >= 0.6 is 41.1 Å². The Morgan fingerprint density at radius 2 is 0.725 bits per heavy atom. The lowest BCUT2D eigenvalue weighted by Crippen LogP contribution is -2.09. The van der Waals surface area contributed by atoms with Crippen LogP contribution in [0.5, 0.6) is 0 Å². The quantitative estimate of drug-likeness (QED) is 0.127. The van der Waals surface area contributed by atoms with Crippen molar-refractivity contribution in [3.8, 4) is 33.4 Å². The van der Waals surface area contributed by atoms with Gasteiger partial charge in [0.2, 0.25) is 0 Å². The summed E-state index contributed by atoms with van der Waals surface area (Å²) in [6.07, 6.45) is 0. The lowest BCUT2D eigenvalue weighted by molar-refractivity contribution is 1.28. The number of rotatable bonds is 6. The minimum Gasteiger partial charge on any atom is -0.311 e. The third-order valence-electron chi connectivity index (χ3n) is 6.97. The Hall–Kier alpha value is -3.29. The van der Waals surface area contributed by atoms with Crippen LogP contribution < -0.4 is 15.5 Å². The van der Waals surface area contributed by atoms with Gasteiger partial charge in [0, 0.05) is 20.6 Å². The number of benzene rings is 6. The van der Waals surface area contributed by atoms with Gasteiger partial charge in [0.05, 0.1) is 0 Å². The second-order valence-corrected chi connectivity index (χ2v) is 12.3. The van der Waals surface area contributed by atoms with Crippen LogP contribution in [-0.2, 0) is 0 Å². The molecule has 0 N–H and O–H groups in total. The van der Waals surface area contributed by atoms with E-state index in [9.17, 15) is 0 Å². The third-order valence-corrected chi connectivity index (χ3v) is 8.36. The lowest BCUT2D eigenvalue weighted by atomic mass is 10.0. The van der Waals surface area contributed by atoms with E-state index in [1.165, 1.54) is 47.6 Å². The van der Waals surface area contributed by atoms with Crippen LogP contribution in [0.4, 0.5) is 17.1 Å². The maximum absolute atomic E-state index is 2.79. The number of anilines is 3. The van der Waals surface area contributed by atoms with Gasteiger partial charge in [-0.3, -0.25) is 0 Å². The van der Waals surface area contributed by atoms with Crippen molar-refractivity contribution in [2.75, 3.05) is 4.90 Å². The van der Waals surface area contributed by atoms with E-state index in [0.717, 1.165) is 17.1 Å². The molecule has 0 aromatic heterocycles. The molecule has 40 heavy (non-hydrogen) atoms. The van der Waals surface area contributed by atoms with Gasteiger partial charge in [0.25, 0.3) is 0 Å². The second kappa shape index (κ2) is 12.1. The maximum Gasteiger partial charge on any atom is 0.0462 e. The van der Waals surface area contributed by atoms with E-state index >= 15 is 0 Å². The van der Waals surface area contributed by atoms with Crippen molar-refractivity contribution in [1.82, 2.24) is 0 Å². The Bertz CT molecular complexity index is 1550. The van der Waals surface area contributed by atoms with Crippen LogP contribution in [0.2, 0.25) is 0 Å². The van der Waals surface area contributed by atoms with E-state index < -0.39 is 0 Å². The molecular weight excluding hydrogens is 635 g/mol. The smallest absolute Gasteiger partial charge is 0.0462 e. The lowest BCUT2D eigenvalue weighted by Gasteiger charge is -2.26. The summed E-state index contributed by atoms with van der Waals surface area (Å²) in [6, 6.07) is 52.3.